The second kappa shape index (κ2) is 5.70. The molecule has 0 aliphatic carbocycles. The summed E-state index contributed by atoms with van der Waals surface area (Å²) in [6.07, 6.45) is 2.23. The van der Waals surface area contributed by atoms with E-state index in [0.29, 0.717) is 12.0 Å². The first-order chi connectivity index (χ1) is 8.05. The Hall–Kier alpha value is -1.52. The highest BCUT2D eigenvalue weighted by atomic mass is 32.2. The predicted molar refractivity (Wildman–Crippen MR) is 66.1 cm³/mol. The summed E-state index contributed by atoms with van der Waals surface area (Å²) in [5.41, 5.74) is 9.91. The van der Waals surface area contributed by atoms with Crippen LogP contribution in [0.2, 0.25) is 0 Å². The Morgan fingerprint density at radius 3 is 2.59 bits per heavy atom. The number of benzene rings is 1. The molecule has 0 fully saturated rings. The third kappa shape index (κ3) is 3.22. The highest BCUT2D eigenvalue weighted by molar-refractivity contribution is 7.90. The van der Waals surface area contributed by atoms with E-state index in [0.717, 1.165) is 18.4 Å². The molecule has 0 heterocycles. The average molecular weight is 253 g/mol. The highest BCUT2D eigenvalue weighted by Crippen LogP contribution is 2.22. The SMILES string of the molecule is CCCc1ccc(CC)cc1S(=O)(=O)N=[N+]=[N-]. The Kier molecular flexibility index (Phi) is 4.54. The van der Waals surface area contributed by atoms with Crippen molar-refractivity contribution >= 4 is 10.0 Å². The van der Waals surface area contributed by atoms with E-state index < -0.39 is 10.0 Å². The Morgan fingerprint density at radius 1 is 1.35 bits per heavy atom. The molecule has 0 saturated heterocycles. The van der Waals surface area contributed by atoms with E-state index in [1.807, 2.05) is 19.9 Å². The zero-order valence-corrected chi connectivity index (χ0v) is 10.7. The van der Waals surface area contributed by atoms with Gasteiger partial charge in [0.15, 0.2) is 0 Å². The molecule has 0 bridgehead atoms. The molecule has 1 aromatic rings. The van der Waals surface area contributed by atoms with Gasteiger partial charge in [-0.2, -0.15) is 0 Å². The van der Waals surface area contributed by atoms with Gasteiger partial charge in [0.25, 0.3) is 10.0 Å². The smallest absolute Gasteiger partial charge is 0.216 e. The van der Waals surface area contributed by atoms with Gasteiger partial charge in [-0.1, -0.05) is 32.4 Å². The molecule has 0 aromatic heterocycles. The molecule has 0 N–H and O–H groups in total. The van der Waals surface area contributed by atoms with Crippen molar-refractivity contribution in [3.8, 4) is 0 Å². The van der Waals surface area contributed by atoms with Crippen molar-refractivity contribution in [2.45, 2.75) is 38.0 Å². The van der Waals surface area contributed by atoms with Crippen LogP contribution in [0.5, 0.6) is 0 Å². The van der Waals surface area contributed by atoms with Gasteiger partial charge in [-0.05, 0) is 35.6 Å². The third-order valence-corrected chi connectivity index (χ3v) is 3.70. The van der Waals surface area contributed by atoms with E-state index in [4.69, 9.17) is 5.53 Å². The molecule has 0 aliphatic rings. The predicted octanol–water partition coefficient (Wildman–Crippen LogP) is 3.20. The van der Waals surface area contributed by atoms with Crippen LogP contribution in [0.15, 0.2) is 27.6 Å². The standard InChI is InChI=1S/C11H15N3O2S/c1-3-5-10-7-6-9(4-2)8-11(10)17(15,16)14-13-12/h6-8H,3-5H2,1-2H3. The van der Waals surface area contributed by atoms with Gasteiger partial charge in [0.05, 0.1) is 4.90 Å². The van der Waals surface area contributed by atoms with Crippen molar-refractivity contribution in [3.05, 3.63) is 39.8 Å². The van der Waals surface area contributed by atoms with Gasteiger partial charge in [0.1, 0.15) is 0 Å². The van der Waals surface area contributed by atoms with Crippen LogP contribution in [0.3, 0.4) is 0 Å². The lowest BCUT2D eigenvalue weighted by Crippen LogP contribution is -2.02. The van der Waals surface area contributed by atoms with E-state index in [9.17, 15) is 8.42 Å². The number of sulfonamides is 1. The zero-order valence-electron chi connectivity index (χ0n) is 9.92. The van der Waals surface area contributed by atoms with Crippen molar-refractivity contribution in [2.24, 2.45) is 4.52 Å². The van der Waals surface area contributed by atoms with Crippen LogP contribution in [0.25, 0.3) is 10.4 Å². The lowest BCUT2D eigenvalue weighted by molar-refractivity contribution is 0.596. The monoisotopic (exact) mass is 253 g/mol. The van der Waals surface area contributed by atoms with E-state index >= 15 is 0 Å². The fourth-order valence-corrected chi connectivity index (χ4v) is 2.61. The van der Waals surface area contributed by atoms with Crippen molar-refractivity contribution in [3.63, 3.8) is 0 Å². The molecule has 0 spiro atoms. The summed E-state index contributed by atoms with van der Waals surface area (Å²) >= 11 is 0. The normalized spacial score (nSPS) is 10.9. The van der Waals surface area contributed by atoms with Crippen molar-refractivity contribution in [1.82, 2.24) is 0 Å². The Labute approximate surface area is 101 Å². The molecule has 0 radical (unpaired) electrons. The number of hydrogen-bond acceptors (Lipinski definition) is 2. The molecule has 1 rings (SSSR count). The molecule has 5 nitrogen and oxygen atoms in total. The molecule has 17 heavy (non-hydrogen) atoms. The summed E-state index contributed by atoms with van der Waals surface area (Å²) in [6, 6.07) is 5.29. The molecule has 6 heteroatoms. The Balaban J connectivity index is 3.41. The maximum atomic E-state index is 11.8. The number of nitrogens with zero attached hydrogens (tertiary/aromatic N) is 3. The summed E-state index contributed by atoms with van der Waals surface area (Å²) in [6.45, 7) is 3.91. The van der Waals surface area contributed by atoms with Crippen LogP contribution >= 0.6 is 0 Å². The summed E-state index contributed by atoms with van der Waals surface area (Å²) in [5, 5.41) is 0. The van der Waals surface area contributed by atoms with Crippen molar-refractivity contribution in [2.75, 3.05) is 0 Å². The first-order valence-corrected chi connectivity index (χ1v) is 6.92. The van der Waals surface area contributed by atoms with E-state index in [-0.39, 0.29) is 4.90 Å². The largest absolute Gasteiger partial charge is 0.264 e. The van der Waals surface area contributed by atoms with Crippen LogP contribution in [0.1, 0.15) is 31.4 Å². The molecular weight excluding hydrogens is 238 g/mol. The molecule has 92 valence electrons. The number of aryl methyl sites for hydroxylation is 2. The third-order valence-electron chi connectivity index (χ3n) is 2.48. The molecule has 0 aliphatic heterocycles. The minimum Gasteiger partial charge on any atom is -0.216 e. The van der Waals surface area contributed by atoms with Gasteiger partial charge in [-0.3, -0.25) is 0 Å². The first kappa shape index (κ1) is 13.5. The minimum absolute atomic E-state index is 0.136. The van der Waals surface area contributed by atoms with Crippen LogP contribution in [0.4, 0.5) is 0 Å². The molecular formula is C11H15N3O2S. The number of azide groups is 1. The molecule has 0 unspecified atom stereocenters. The van der Waals surface area contributed by atoms with Gasteiger partial charge in [-0.15, -0.1) is 0 Å². The molecule has 0 atom stereocenters. The molecule has 0 amide bonds. The maximum Gasteiger partial charge on any atom is 0.264 e. The van der Waals surface area contributed by atoms with Gasteiger partial charge < -0.3 is 0 Å². The van der Waals surface area contributed by atoms with E-state index in [1.165, 1.54) is 0 Å². The van der Waals surface area contributed by atoms with Gasteiger partial charge in [0.2, 0.25) is 0 Å². The lowest BCUT2D eigenvalue weighted by Gasteiger charge is -2.08. The first-order valence-electron chi connectivity index (χ1n) is 5.48. The second-order valence-corrected chi connectivity index (χ2v) is 5.25. The van der Waals surface area contributed by atoms with E-state index in [1.54, 1.807) is 12.1 Å². The minimum atomic E-state index is -3.89. The highest BCUT2D eigenvalue weighted by Gasteiger charge is 2.17. The maximum absolute atomic E-state index is 11.8. The van der Waals surface area contributed by atoms with Crippen LogP contribution in [-0.4, -0.2) is 8.42 Å². The number of rotatable bonds is 5. The summed E-state index contributed by atoms with van der Waals surface area (Å²) in [4.78, 5) is 2.51. The molecule has 0 saturated carbocycles. The van der Waals surface area contributed by atoms with Crippen molar-refractivity contribution in [1.29, 1.82) is 0 Å². The van der Waals surface area contributed by atoms with Crippen LogP contribution in [-0.2, 0) is 22.9 Å². The second-order valence-electron chi connectivity index (χ2n) is 3.69. The number of hydrogen-bond donors (Lipinski definition) is 0. The van der Waals surface area contributed by atoms with Gasteiger partial charge in [-0.25, -0.2) is 8.42 Å². The average Bonchev–Trinajstić information content (AvgIpc) is 2.29. The van der Waals surface area contributed by atoms with Gasteiger partial charge in [0, 0.05) is 9.43 Å². The van der Waals surface area contributed by atoms with Crippen molar-refractivity contribution < 1.29 is 8.42 Å². The lowest BCUT2D eigenvalue weighted by atomic mass is 10.1. The van der Waals surface area contributed by atoms with Crippen LogP contribution in [0, 0.1) is 0 Å². The fourth-order valence-electron chi connectivity index (χ4n) is 1.63. The van der Waals surface area contributed by atoms with E-state index in [2.05, 4.69) is 9.43 Å². The topological polar surface area (TPSA) is 82.9 Å². The fraction of sp³-hybridized carbons (Fsp3) is 0.455. The van der Waals surface area contributed by atoms with Gasteiger partial charge >= 0.3 is 0 Å². The Morgan fingerprint density at radius 2 is 2.06 bits per heavy atom. The Bertz CT molecular complexity index is 546. The molecule has 1 aromatic carbocycles. The van der Waals surface area contributed by atoms with Crippen LogP contribution < -0.4 is 0 Å². The summed E-state index contributed by atoms with van der Waals surface area (Å²) in [7, 11) is -3.89. The zero-order chi connectivity index (χ0) is 12.9. The summed E-state index contributed by atoms with van der Waals surface area (Å²) < 4.78 is 26.4. The quantitative estimate of drug-likeness (QED) is 0.458. The summed E-state index contributed by atoms with van der Waals surface area (Å²) in [5.74, 6) is 0.